The van der Waals surface area contributed by atoms with E-state index in [1.165, 1.54) is 5.57 Å². The van der Waals surface area contributed by atoms with Gasteiger partial charge in [-0.05, 0) is 63.2 Å². The summed E-state index contributed by atoms with van der Waals surface area (Å²) in [7, 11) is 0. The molecule has 4 atom stereocenters. The predicted molar refractivity (Wildman–Crippen MR) is 99.1 cm³/mol. The minimum absolute atomic E-state index is 0.204. The van der Waals surface area contributed by atoms with Crippen molar-refractivity contribution in [2.24, 2.45) is 17.8 Å². The van der Waals surface area contributed by atoms with Crippen LogP contribution in [0.1, 0.15) is 57.8 Å². The Morgan fingerprint density at radius 3 is 2.68 bits per heavy atom. The first-order valence-electron chi connectivity index (χ1n) is 9.63. The molecule has 0 aromatic carbocycles. The van der Waals surface area contributed by atoms with Crippen LogP contribution in [-0.4, -0.2) is 34.0 Å². The van der Waals surface area contributed by atoms with Crippen LogP contribution in [-0.2, 0) is 4.79 Å². The number of carboxylic acid groups (broad SMARTS) is 1. The Bertz CT molecular complexity index is 506. The Morgan fingerprint density at radius 1 is 1.16 bits per heavy atom. The first-order valence-corrected chi connectivity index (χ1v) is 9.63. The molecule has 0 amide bonds. The number of carboxylic acids is 1. The molecule has 2 rings (SSSR count). The first-order chi connectivity index (χ1) is 12.1. The van der Waals surface area contributed by atoms with Gasteiger partial charge < -0.3 is 15.3 Å². The molecule has 4 nitrogen and oxygen atoms in total. The fourth-order valence-corrected chi connectivity index (χ4v) is 4.17. The van der Waals surface area contributed by atoms with Gasteiger partial charge in [0.2, 0.25) is 0 Å². The summed E-state index contributed by atoms with van der Waals surface area (Å²) in [5, 5.41) is 27.8. The molecule has 1 fully saturated rings. The van der Waals surface area contributed by atoms with Crippen LogP contribution in [0.25, 0.3) is 0 Å². The van der Waals surface area contributed by atoms with Crippen LogP contribution in [0, 0.1) is 17.8 Å². The number of aliphatic carboxylic acids is 1. The molecule has 0 aliphatic heterocycles. The number of fused-ring (bicyclic) bond motifs is 1. The van der Waals surface area contributed by atoms with Crippen molar-refractivity contribution in [1.29, 1.82) is 0 Å². The number of hydrogen-bond donors (Lipinski definition) is 3. The summed E-state index contributed by atoms with van der Waals surface area (Å²) in [6.07, 6.45) is 18.1. The molecule has 25 heavy (non-hydrogen) atoms. The Kier molecular flexibility index (Phi) is 8.42. The lowest BCUT2D eigenvalue weighted by molar-refractivity contribution is -0.137. The Morgan fingerprint density at radius 2 is 1.92 bits per heavy atom. The highest BCUT2D eigenvalue weighted by Gasteiger charge is 2.42. The molecule has 0 bridgehead atoms. The second-order valence-electron chi connectivity index (χ2n) is 7.33. The molecule has 2 aliphatic rings. The molecule has 0 unspecified atom stereocenters. The lowest BCUT2D eigenvalue weighted by Crippen LogP contribution is -2.17. The van der Waals surface area contributed by atoms with E-state index in [9.17, 15) is 9.90 Å². The van der Waals surface area contributed by atoms with Gasteiger partial charge in [-0.2, -0.15) is 0 Å². The minimum Gasteiger partial charge on any atom is -0.481 e. The molecule has 4 heteroatoms. The molecule has 3 N–H and O–H groups in total. The van der Waals surface area contributed by atoms with Crippen molar-refractivity contribution in [1.82, 2.24) is 0 Å². The number of hydrogen-bond acceptors (Lipinski definition) is 3. The highest BCUT2D eigenvalue weighted by molar-refractivity contribution is 5.66. The topological polar surface area (TPSA) is 77.8 Å². The highest BCUT2D eigenvalue weighted by Crippen LogP contribution is 2.48. The van der Waals surface area contributed by atoms with E-state index in [4.69, 9.17) is 10.2 Å². The van der Waals surface area contributed by atoms with Crippen LogP contribution in [0.4, 0.5) is 0 Å². The summed E-state index contributed by atoms with van der Waals surface area (Å²) in [4.78, 5) is 10.6. The SMILES string of the molecule is O=C(O)CCCCC1=C[C@@H]2C[C@H](O)[C@@H](C=CCCC=CCCO)[C@@H]2C1. The largest absolute Gasteiger partial charge is 0.481 e. The van der Waals surface area contributed by atoms with Crippen LogP contribution >= 0.6 is 0 Å². The van der Waals surface area contributed by atoms with E-state index in [0.29, 0.717) is 11.8 Å². The number of rotatable bonds is 11. The van der Waals surface area contributed by atoms with E-state index < -0.39 is 5.97 Å². The van der Waals surface area contributed by atoms with Gasteiger partial charge in [-0.25, -0.2) is 0 Å². The Hall–Kier alpha value is -1.39. The third kappa shape index (κ3) is 6.44. The van der Waals surface area contributed by atoms with E-state index in [1.54, 1.807) is 0 Å². The molecule has 140 valence electrons. The van der Waals surface area contributed by atoms with Gasteiger partial charge in [0.1, 0.15) is 0 Å². The van der Waals surface area contributed by atoms with Crippen LogP contribution in [0.15, 0.2) is 36.0 Å². The monoisotopic (exact) mass is 348 g/mol. The first kappa shape index (κ1) is 19.9. The van der Waals surface area contributed by atoms with Crippen LogP contribution < -0.4 is 0 Å². The number of allylic oxidation sites excluding steroid dienone is 4. The summed E-state index contributed by atoms with van der Waals surface area (Å²) in [6, 6.07) is 0. The summed E-state index contributed by atoms with van der Waals surface area (Å²) >= 11 is 0. The van der Waals surface area contributed by atoms with Gasteiger partial charge in [0.25, 0.3) is 0 Å². The normalized spacial score (nSPS) is 28.8. The summed E-state index contributed by atoms with van der Waals surface area (Å²) < 4.78 is 0. The summed E-state index contributed by atoms with van der Waals surface area (Å²) in [6.45, 7) is 0.204. The molecule has 1 saturated carbocycles. The second kappa shape index (κ2) is 10.6. The van der Waals surface area contributed by atoms with Gasteiger partial charge in [-0.3, -0.25) is 4.79 Å². The average molecular weight is 348 g/mol. The molecule has 2 aliphatic carbocycles. The number of unbranched alkanes of at least 4 members (excludes halogenated alkanes) is 2. The fourth-order valence-electron chi connectivity index (χ4n) is 4.17. The zero-order chi connectivity index (χ0) is 18.1. The molecule has 0 aromatic rings. The van der Waals surface area contributed by atoms with Gasteiger partial charge in [-0.15, -0.1) is 0 Å². The molecule has 0 radical (unpaired) electrons. The van der Waals surface area contributed by atoms with Crippen molar-refractivity contribution in [2.75, 3.05) is 6.61 Å². The smallest absolute Gasteiger partial charge is 0.303 e. The van der Waals surface area contributed by atoms with E-state index in [2.05, 4.69) is 24.3 Å². The molecular formula is C21H32O4. The second-order valence-corrected chi connectivity index (χ2v) is 7.33. The highest BCUT2D eigenvalue weighted by atomic mass is 16.4. The molecule has 0 heterocycles. The van der Waals surface area contributed by atoms with Gasteiger partial charge in [0, 0.05) is 18.9 Å². The lowest BCUT2D eigenvalue weighted by Gasteiger charge is -2.18. The van der Waals surface area contributed by atoms with E-state index in [-0.39, 0.29) is 25.0 Å². The quantitative estimate of drug-likeness (QED) is 0.391. The zero-order valence-corrected chi connectivity index (χ0v) is 15.0. The minimum atomic E-state index is -0.711. The molecule has 0 saturated heterocycles. The molecule has 0 aromatic heterocycles. The van der Waals surface area contributed by atoms with Gasteiger partial charge in [0.05, 0.1) is 6.10 Å². The third-order valence-electron chi connectivity index (χ3n) is 5.41. The maximum atomic E-state index is 10.6. The molecule has 0 spiro atoms. The zero-order valence-electron chi connectivity index (χ0n) is 15.0. The number of aliphatic hydroxyl groups excluding tert-OH is 2. The number of carbonyl (C=O) groups is 1. The van der Waals surface area contributed by atoms with Crippen LogP contribution in [0.3, 0.4) is 0 Å². The fraction of sp³-hybridized carbons (Fsp3) is 0.667. The number of aliphatic hydroxyl groups is 2. The maximum absolute atomic E-state index is 10.6. The lowest BCUT2D eigenvalue weighted by atomic mass is 9.88. The van der Waals surface area contributed by atoms with Gasteiger partial charge in [-0.1, -0.05) is 36.0 Å². The molecular weight excluding hydrogens is 316 g/mol. The summed E-state index contributed by atoms with van der Waals surface area (Å²) in [5.74, 6) is 0.546. The van der Waals surface area contributed by atoms with Gasteiger partial charge in [0.15, 0.2) is 0 Å². The van der Waals surface area contributed by atoms with Crippen molar-refractivity contribution in [3.05, 3.63) is 36.0 Å². The van der Waals surface area contributed by atoms with Crippen molar-refractivity contribution in [3.8, 4) is 0 Å². The standard InChI is InChI=1S/C21H32O4/c22-12-8-4-2-1-3-5-10-18-19-14-16(9-6-7-11-21(24)25)13-17(19)15-20(18)23/h2,4-5,10,13,17-20,22-23H,1,3,6-9,11-12,14-15H2,(H,24,25)/t17-,18+,19-,20+/m1/s1. The van der Waals surface area contributed by atoms with Crippen molar-refractivity contribution in [3.63, 3.8) is 0 Å². The van der Waals surface area contributed by atoms with Crippen molar-refractivity contribution >= 4 is 5.97 Å². The van der Waals surface area contributed by atoms with Crippen LogP contribution in [0.5, 0.6) is 0 Å². The average Bonchev–Trinajstić information content (AvgIpc) is 3.08. The van der Waals surface area contributed by atoms with E-state index in [0.717, 1.165) is 51.4 Å². The van der Waals surface area contributed by atoms with Crippen molar-refractivity contribution < 1.29 is 20.1 Å². The third-order valence-corrected chi connectivity index (χ3v) is 5.41. The van der Waals surface area contributed by atoms with Gasteiger partial charge >= 0.3 is 5.97 Å². The van der Waals surface area contributed by atoms with E-state index in [1.807, 2.05) is 6.08 Å². The van der Waals surface area contributed by atoms with Crippen LogP contribution in [0.2, 0.25) is 0 Å². The maximum Gasteiger partial charge on any atom is 0.303 e. The van der Waals surface area contributed by atoms with Crippen molar-refractivity contribution in [2.45, 2.75) is 63.9 Å². The Labute approximate surface area is 151 Å². The predicted octanol–water partition coefficient (Wildman–Crippen LogP) is 3.85. The Balaban J connectivity index is 1.73. The van der Waals surface area contributed by atoms with E-state index >= 15 is 0 Å². The summed E-state index contributed by atoms with van der Waals surface area (Å²) in [5.41, 5.74) is 1.46.